The third-order valence-corrected chi connectivity index (χ3v) is 6.26. The summed E-state index contributed by atoms with van der Waals surface area (Å²) in [4.78, 5) is 29.4. The van der Waals surface area contributed by atoms with Crippen LogP contribution in [0.4, 0.5) is 0 Å². The predicted octanol–water partition coefficient (Wildman–Crippen LogP) is 5.17. The molecule has 4 aromatic rings. The topological polar surface area (TPSA) is 89.4 Å². The normalized spacial score (nSPS) is 12.2. The Hall–Kier alpha value is -3.91. The summed E-state index contributed by atoms with van der Waals surface area (Å²) in [5, 5.41) is 11.9. The number of ether oxygens (including phenoxy) is 1. The molecule has 38 heavy (non-hydrogen) atoms. The summed E-state index contributed by atoms with van der Waals surface area (Å²) in [6.45, 7) is 8.18. The van der Waals surface area contributed by atoms with E-state index in [9.17, 15) is 9.59 Å². The van der Waals surface area contributed by atoms with E-state index in [1.54, 1.807) is 27.8 Å². The highest BCUT2D eigenvalue weighted by Gasteiger charge is 2.34. The van der Waals surface area contributed by atoms with Crippen LogP contribution in [-0.2, 0) is 22.7 Å². The molecule has 4 rings (SSSR count). The molecule has 0 saturated carbocycles. The van der Waals surface area contributed by atoms with Gasteiger partial charge in [-0.25, -0.2) is 4.68 Å². The summed E-state index contributed by atoms with van der Waals surface area (Å²) in [5.74, 6) is 0.0818. The number of rotatable bonds is 9. The maximum atomic E-state index is 14.0. The van der Waals surface area contributed by atoms with E-state index >= 15 is 0 Å². The Labute approximate surface area is 227 Å². The second-order valence-corrected chi connectivity index (χ2v) is 10.4. The Kier molecular flexibility index (Phi) is 8.32. The van der Waals surface area contributed by atoms with Crippen molar-refractivity contribution in [2.75, 3.05) is 6.61 Å². The summed E-state index contributed by atoms with van der Waals surface area (Å²) in [7, 11) is 0. The van der Waals surface area contributed by atoms with Gasteiger partial charge in [0, 0.05) is 17.1 Å². The molecule has 9 heteroatoms. The number of carbonyl (C=O) groups is 2. The largest absolute Gasteiger partial charge is 0.494 e. The van der Waals surface area contributed by atoms with Crippen molar-refractivity contribution in [1.82, 2.24) is 25.2 Å². The molecule has 0 unspecified atom stereocenters. The van der Waals surface area contributed by atoms with Crippen molar-refractivity contribution in [2.45, 2.75) is 52.4 Å². The van der Waals surface area contributed by atoms with Gasteiger partial charge in [0.1, 0.15) is 23.9 Å². The van der Waals surface area contributed by atoms with Crippen molar-refractivity contribution in [3.63, 3.8) is 0 Å². The van der Waals surface area contributed by atoms with Gasteiger partial charge in [0.15, 0.2) is 0 Å². The molecular weight excluding hydrogens is 502 g/mol. The molecular formula is C29H32ClN5O3. The number of hydrogen-bond acceptors (Lipinski definition) is 5. The average molecular weight is 534 g/mol. The third-order valence-electron chi connectivity index (χ3n) is 5.89. The minimum atomic E-state index is -0.927. The highest BCUT2D eigenvalue weighted by molar-refractivity contribution is 6.31. The van der Waals surface area contributed by atoms with Gasteiger partial charge in [-0.3, -0.25) is 9.59 Å². The Morgan fingerprint density at radius 1 is 1.03 bits per heavy atom. The quantitative estimate of drug-likeness (QED) is 0.321. The highest BCUT2D eigenvalue weighted by Crippen LogP contribution is 2.29. The van der Waals surface area contributed by atoms with E-state index in [0.717, 1.165) is 11.1 Å². The van der Waals surface area contributed by atoms with Crippen LogP contribution >= 0.6 is 11.6 Å². The molecule has 1 atom stereocenters. The Balaban J connectivity index is 1.77. The molecule has 0 saturated heterocycles. The van der Waals surface area contributed by atoms with Gasteiger partial charge in [0.2, 0.25) is 11.8 Å². The molecule has 0 aliphatic rings. The second-order valence-electron chi connectivity index (χ2n) is 9.99. The zero-order valence-corrected chi connectivity index (χ0v) is 22.8. The van der Waals surface area contributed by atoms with Crippen molar-refractivity contribution in [3.05, 3.63) is 88.9 Å². The summed E-state index contributed by atoms with van der Waals surface area (Å²) in [6.07, 6.45) is 0. The smallest absolute Gasteiger partial charge is 0.247 e. The van der Waals surface area contributed by atoms with Gasteiger partial charge in [0.05, 0.1) is 12.1 Å². The summed E-state index contributed by atoms with van der Waals surface area (Å²) < 4.78 is 7.14. The number of fused-ring (bicyclic) bond motifs is 1. The number of nitrogens with zero attached hydrogens (tertiary/aromatic N) is 4. The molecule has 198 valence electrons. The van der Waals surface area contributed by atoms with Gasteiger partial charge in [0.25, 0.3) is 0 Å². The number of carbonyl (C=O) groups excluding carboxylic acids is 2. The summed E-state index contributed by atoms with van der Waals surface area (Å²) in [6, 6.07) is 21.1. The molecule has 2 amide bonds. The fourth-order valence-electron chi connectivity index (χ4n) is 4.21. The summed E-state index contributed by atoms with van der Waals surface area (Å²) >= 11 is 6.50. The van der Waals surface area contributed by atoms with Crippen LogP contribution < -0.4 is 10.1 Å². The summed E-state index contributed by atoms with van der Waals surface area (Å²) in [5.41, 5.74) is 2.29. The van der Waals surface area contributed by atoms with E-state index in [1.807, 2.05) is 82.3 Å². The molecule has 1 N–H and O–H groups in total. The van der Waals surface area contributed by atoms with Gasteiger partial charge in [-0.05, 0) is 69.2 Å². The van der Waals surface area contributed by atoms with Crippen LogP contribution in [0.1, 0.15) is 44.9 Å². The third kappa shape index (κ3) is 6.50. The fourth-order valence-corrected chi connectivity index (χ4v) is 4.41. The standard InChI is InChI=1S/C29H32ClN5O3/c1-5-38-22-16-14-20(15-17-22)27(28(37)31-29(2,3)4)34(18-21-10-6-7-11-23(21)30)26(36)19-35-25-13-9-8-12-24(25)32-33-35/h6-17,27H,5,18-19H2,1-4H3,(H,31,37)/t27-/m0/s1. The Morgan fingerprint density at radius 3 is 2.39 bits per heavy atom. The maximum Gasteiger partial charge on any atom is 0.247 e. The van der Waals surface area contributed by atoms with Crippen molar-refractivity contribution >= 4 is 34.4 Å². The molecule has 0 radical (unpaired) electrons. The molecule has 1 aromatic heterocycles. The zero-order chi connectivity index (χ0) is 27.3. The van der Waals surface area contributed by atoms with Crippen LogP contribution in [-0.4, -0.2) is 43.9 Å². The zero-order valence-electron chi connectivity index (χ0n) is 22.0. The van der Waals surface area contributed by atoms with E-state index in [0.29, 0.717) is 28.5 Å². The number of hydrogen-bond donors (Lipinski definition) is 1. The highest BCUT2D eigenvalue weighted by atomic mass is 35.5. The molecule has 0 bridgehead atoms. The molecule has 8 nitrogen and oxygen atoms in total. The first-order valence-electron chi connectivity index (χ1n) is 12.5. The lowest BCUT2D eigenvalue weighted by atomic mass is 10.0. The van der Waals surface area contributed by atoms with Gasteiger partial charge in [-0.15, -0.1) is 5.10 Å². The van der Waals surface area contributed by atoms with E-state index in [1.165, 1.54) is 0 Å². The molecule has 0 aliphatic heterocycles. The van der Waals surface area contributed by atoms with Crippen LogP contribution in [0.5, 0.6) is 5.75 Å². The SMILES string of the molecule is CCOc1ccc([C@@H](C(=O)NC(C)(C)C)N(Cc2ccccc2Cl)C(=O)Cn2nnc3ccccc32)cc1. The van der Waals surface area contributed by atoms with Crippen LogP contribution in [0.25, 0.3) is 11.0 Å². The molecule has 0 spiro atoms. The number of amides is 2. The number of para-hydroxylation sites is 1. The Morgan fingerprint density at radius 2 is 1.71 bits per heavy atom. The average Bonchev–Trinajstić information content (AvgIpc) is 3.27. The van der Waals surface area contributed by atoms with Gasteiger partial charge in [-0.1, -0.05) is 59.3 Å². The van der Waals surface area contributed by atoms with Crippen LogP contribution in [0.3, 0.4) is 0 Å². The Bertz CT molecular complexity index is 1410. The number of halogens is 1. The number of nitrogens with one attached hydrogen (secondary N) is 1. The van der Waals surface area contributed by atoms with Gasteiger partial charge >= 0.3 is 0 Å². The molecule has 3 aromatic carbocycles. The minimum Gasteiger partial charge on any atom is -0.494 e. The first-order chi connectivity index (χ1) is 18.2. The van der Waals surface area contributed by atoms with Crippen LogP contribution in [0.15, 0.2) is 72.8 Å². The van der Waals surface area contributed by atoms with E-state index in [-0.39, 0.29) is 24.9 Å². The second kappa shape index (κ2) is 11.6. The van der Waals surface area contributed by atoms with Crippen molar-refractivity contribution in [1.29, 1.82) is 0 Å². The molecule has 1 heterocycles. The van der Waals surface area contributed by atoms with Crippen molar-refractivity contribution in [2.24, 2.45) is 0 Å². The predicted molar refractivity (Wildman–Crippen MR) is 148 cm³/mol. The van der Waals surface area contributed by atoms with Crippen molar-refractivity contribution < 1.29 is 14.3 Å². The van der Waals surface area contributed by atoms with Gasteiger partial charge in [-0.2, -0.15) is 0 Å². The first-order valence-corrected chi connectivity index (χ1v) is 12.9. The lowest BCUT2D eigenvalue weighted by Crippen LogP contribution is -2.49. The molecule has 0 aliphatic carbocycles. The van der Waals surface area contributed by atoms with E-state index < -0.39 is 11.6 Å². The van der Waals surface area contributed by atoms with Gasteiger partial charge < -0.3 is 15.0 Å². The van der Waals surface area contributed by atoms with Crippen molar-refractivity contribution in [3.8, 4) is 5.75 Å². The van der Waals surface area contributed by atoms with Crippen LogP contribution in [0.2, 0.25) is 5.02 Å². The first kappa shape index (κ1) is 27.1. The van der Waals surface area contributed by atoms with E-state index in [4.69, 9.17) is 16.3 Å². The fraction of sp³-hybridized carbons (Fsp3) is 0.310. The lowest BCUT2D eigenvalue weighted by molar-refractivity contribution is -0.142. The van der Waals surface area contributed by atoms with E-state index in [2.05, 4.69) is 15.6 Å². The number of aromatic nitrogens is 3. The monoisotopic (exact) mass is 533 g/mol. The lowest BCUT2D eigenvalue weighted by Gasteiger charge is -2.34. The number of benzene rings is 3. The minimum absolute atomic E-state index is 0.0959. The maximum absolute atomic E-state index is 14.0. The van der Waals surface area contributed by atoms with Crippen LogP contribution in [0, 0.1) is 0 Å². The molecule has 0 fully saturated rings.